The number of hydrogen-bond acceptors (Lipinski definition) is 5. The topological polar surface area (TPSA) is 45.7 Å². The smallest absolute Gasteiger partial charge is 0.229 e. The summed E-state index contributed by atoms with van der Waals surface area (Å²) >= 11 is 0. The van der Waals surface area contributed by atoms with E-state index in [-0.39, 0.29) is 0 Å². The van der Waals surface area contributed by atoms with E-state index in [1.165, 1.54) is 5.69 Å². The normalized spacial score (nSPS) is 16.1. The maximum atomic E-state index is 5.81. The summed E-state index contributed by atoms with van der Waals surface area (Å²) in [5.74, 6) is 1.53. The second-order valence-electron chi connectivity index (χ2n) is 6.49. The van der Waals surface area contributed by atoms with Gasteiger partial charge in [0.05, 0.1) is 17.5 Å². The van der Waals surface area contributed by atoms with Crippen LogP contribution in [-0.4, -0.2) is 36.1 Å². The predicted octanol–water partition coefficient (Wildman–Crippen LogP) is 3.96. The quantitative estimate of drug-likeness (QED) is 0.721. The molecule has 0 bridgehead atoms. The first kappa shape index (κ1) is 16.0. The number of hydrogen-bond donors (Lipinski definition) is 0. The van der Waals surface area contributed by atoms with Crippen LogP contribution in [0.15, 0.2) is 57.8 Å². The number of oxazole rings is 1. The lowest BCUT2D eigenvalue weighted by molar-refractivity contribution is 0.281. The molecule has 1 saturated heterocycles. The van der Waals surface area contributed by atoms with E-state index in [1.807, 2.05) is 13.0 Å². The van der Waals surface area contributed by atoms with Crippen LogP contribution in [0.1, 0.15) is 17.9 Å². The maximum absolute atomic E-state index is 5.81. The molecule has 0 aliphatic carbocycles. The summed E-state index contributed by atoms with van der Waals surface area (Å²) in [6.07, 6.45) is 4.46. The molecule has 2 aromatic heterocycles. The van der Waals surface area contributed by atoms with Gasteiger partial charge in [-0.25, -0.2) is 4.98 Å². The summed E-state index contributed by atoms with van der Waals surface area (Å²) in [6, 6.07) is 12.5. The first-order valence-electron chi connectivity index (χ1n) is 8.81. The molecule has 5 heteroatoms. The Kier molecular flexibility index (Phi) is 4.57. The molecule has 0 spiro atoms. The molecule has 3 heterocycles. The summed E-state index contributed by atoms with van der Waals surface area (Å²) in [5, 5.41) is 0. The van der Waals surface area contributed by atoms with E-state index in [1.54, 1.807) is 12.5 Å². The highest BCUT2D eigenvalue weighted by Gasteiger charge is 2.19. The molecule has 0 atom stereocenters. The summed E-state index contributed by atoms with van der Waals surface area (Å²) in [5.41, 5.74) is 3.22. The molecule has 1 aliphatic rings. The van der Waals surface area contributed by atoms with Crippen molar-refractivity contribution in [1.29, 1.82) is 0 Å². The molecular formula is C20H23N3O2. The Labute approximate surface area is 147 Å². The largest absolute Gasteiger partial charge is 0.472 e. The predicted molar refractivity (Wildman–Crippen MR) is 97.5 cm³/mol. The van der Waals surface area contributed by atoms with Gasteiger partial charge in [0, 0.05) is 38.4 Å². The SMILES string of the molecule is Cc1oc(-c2ccoc2)nc1CN1CCCN(c2ccccc2)CC1. The fraction of sp³-hybridized carbons (Fsp3) is 0.350. The van der Waals surface area contributed by atoms with E-state index in [0.29, 0.717) is 5.89 Å². The molecule has 0 radical (unpaired) electrons. The number of para-hydroxylation sites is 1. The van der Waals surface area contributed by atoms with Crippen molar-refractivity contribution < 1.29 is 8.83 Å². The van der Waals surface area contributed by atoms with Crippen molar-refractivity contribution >= 4 is 5.69 Å². The van der Waals surface area contributed by atoms with Crippen molar-refractivity contribution in [3.63, 3.8) is 0 Å². The molecule has 0 amide bonds. The third kappa shape index (κ3) is 3.61. The lowest BCUT2D eigenvalue weighted by Gasteiger charge is -2.23. The van der Waals surface area contributed by atoms with Crippen molar-refractivity contribution in [1.82, 2.24) is 9.88 Å². The summed E-state index contributed by atoms with van der Waals surface area (Å²) < 4.78 is 10.9. The molecule has 0 N–H and O–H groups in total. The standard InChI is InChI=1S/C20H23N3O2/c1-16-19(21-20(25-16)17-8-13-24-15-17)14-22-9-5-10-23(12-11-22)18-6-3-2-4-7-18/h2-4,6-8,13,15H,5,9-12,14H2,1H3. The Morgan fingerprint density at radius 2 is 1.92 bits per heavy atom. The van der Waals surface area contributed by atoms with Gasteiger partial charge in [-0.3, -0.25) is 4.90 Å². The molecule has 5 nitrogen and oxygen atoms in total. The van der Waals surface area contributed by atoms with Crippen LogP contribution >= 0.6 is 0 Å². The van der Waals surface area contributed by atoms with Gasteiger partial charge in [-0.1, -0.05) is 18.2 Å². The Morgan fingerprint density at radius 1 is 1.04 bits per heavy atom. The molecular weight excluding hydrogens is 314 g/mol. The van der Waals surface area contributed by atoms with Crippen molar-refractivity contribution in [3.05, 3.63) is 60.4 Å². The monoisotopic (exact) mass is 337 g/mol. The van der Waals surface area contributed by atoms with Crippen molar-refractivity contribution in [2.75, 3.05) is 31.1 Å². The zero-order valence-corrected chi connectivity index (χ0v) is 14.5. The van der Waals surface area contributed by atoms with Crippen LogP contribution in [0.3, 0.4) is 0 Å². The highest BCUT2D eigenvalue weighted by atomic mass is 16.4. The lowest BCUT2D eigenvalue weighted by atomic mass is 10.3. The average Bonchev–Trinajstić information content (AvgIpc) is 3.22. The molecule has 130 valence electrons. The summed E-state index contributed by atoms with van der Waals surface area (Å²) in [4.78, 5) is 9.60. The van der Waals surface area contributed by atoms with E-state index < -0.39 is 0 Å². The Hall–Kier alpha value is -2.53. The summed E-state index contributed by atoms with van der Waals surface area (Å²) in [7, 11) is 0. The average molecular weight is 337 g/mol. The van der Waals surface area contributed by atoms with Gasteiger partial charge in [-0.2, -0.15) is 0 Å². The van der Waals surface area contributed by atoms with Crippen molar-refractivity contribution in [2.24, 2.45) is 0 Å². The highest BCUT2D eigenvalue weighted by molar-refractivity contribution is 5.51. The Bertz CT molecular complexity index is 796. The zero-order chi connectivity index (χ0) is 17.1. The fourth-order valence-electron chi connectivity index (χ4n) is 3.32. The van der Waals surface area contributed by atoms with Gasteiger partial charge in [0.25, 0.3) is 0 Å². The molecule has 0 unspecified atom stereocenters. The van der Waals surface area contributed by atoms with Gasteiger partial charge in [-0.05, 0) is 31.5 Å². The van der Waals surface area contributed by atoms with Crippen LogP contribution in [0.4, 0.5) is 5.69 Å². The number of furan rings is 1. The number of nitrogens with zero attached hydrogens (tertiary/aromatic N) is 3. The minimum atomic E-state index is 0.641. The minimum absolute atomic E-state index is 0.641. The first-order chi connectivity index (χ1) is 12.3. The molecule has 4 rings (SSSR count). The second kappa shape index (κ2) is 7.15. The van der Waals surface area contributed by atoms with Crippen LogP contribution in [-0.2, 0) is 6.54 Å². The van der Waals surface area contributed by atoms with Gasteiger partial charge in [0.2, 0.25) is 5.89 Å². The number of aromatic nitrogens is 1. The van der Waals surface area contributed by atoms with Gasteiger partial charge >= 0.3 is 0 Å². The van der Waals surface area contributed by atoms with E-state index >= 15 is 0 Å². The number of anilines is 1. The molecule has 0 saturated carbocycles. The van der Waals surface area contributed by atoms with Crippen LogP contribution in [0, 0.1) is 6.92 Å². The third-order valence-corrected chi connectivity index (χ3v) is 4.74. The van der Waals surface area contributed by atoms with Gasteiger partial charge in [-0.15, -0.1) is 0 Å². The van der Waals surface area contributed by atoms with E-state index in [4.69, 9.17) is 8.83 Å². The molecule has 25 heavy (non-hydrogen) atoms. The molecule has 1 fully saturated rings. The van der Waals surface area contributed by atoms with Crippen molar-refractivity contribution in [2.45, 2.75) is 19.9 Å². The van der Waals surface area contributed by atoms with Gasteiger partial charge in [0.15, 0.2) is 0 Å². The van der Waals surface area contributed by atoms with Crippen LogP contribution in [0.5, 0.6) is 0 Å². The molecule has 1 aromatic carbocycles. The van der Waals surface area contributed by atoms with E-state index in [9.17, 15) is 0 Å². The van der Waals surface area contributed by atoms with Crippen LogP contribution < -0.4 is 4.90 Å². The van der Waals surface area contributed by atoms with Crippen LogP contribution in [0.25, 0.3) is 11.5 Å². The first-order valence-corrected chi connectivity index (χ1v) is 8.81. The Morgan fingerprint density at radius 3 is 2.72 bits per heavy atom. The highest BCUT2D eigenvalue weighted by Crippen LogP contribution is 2.23. The second-order valence-corrected chi connectivity index (χ2v) is 6.49. The minimum Gasteiger partial charge on any atom is -0.472 e. The lowest BCUT2D eigenvalue weighted by Crippen LogP contribution is -2.30. The maximum Gasteiger partial charge on any atom is 0.229 e. The van der Waals surface area contributed by atoms with Crippen molar-refractivity contribution in [3.8, 4) is 11.5 Å². The molecule has 3 aromatic rings. The Balaban J connectivity index is 1.42. The number of rotatable bonds is 4. The van der Waals surface area contributed by atoms with Gasteiger partial charge in [0.1, 0.15) is 12.0 Å². The number of aryl methyl sites for hydroxylation is 1. The molecule has 1 aliphatic heterocycles. The number of benzene rings is 1. The van der Waals surface area contributed by atoms with E-state index in [2.05, 4.69) is 45.1 Å². The van der Waals surface area contributed by atoms with Crippen LogP contribution in [0.2, 0.25) is 0 Å². The summed E-state index contributed by atoms with van der Waals surface area (Å²) in [6.45, 7) is 7.06. The van der Waals surface area contributed by atoms with Gasteiger partial charge < -0.3 is 13.7 Å². The zero-order valence-electron chi connectivity index (χ0n) is 14.5. The fourth-order valence-corrected chi connectivity index (χ4v) is 3.32. The third-order valence-electron chi connectivity index (χ3n) is 4.74. The van der Waals surface area contributed by atoms with E-state index in [0.717, 1.165) is 56.2 Å².